The highest BCUT2D eigenvalue weighted by atomic mass is 16.3. The summed E-state index contributed by atoms with van der Waals surface area (Å²) in [4.78, 5) is 0. The summed E-state index contributed by atoms with van der Waals surface area (Å²) >= 11 is 0. The number of phenolic OH excluding ortho intramolecular Hbond substituents is 1. The maximum Gasteiger partial charge on any atom is 0.121 e. The molecule has 0 saturated heterocycles. The molecule has 0 heterocycles. The van der Waals surface area contributed by atoms with Crippen molar-refractivity contribution in [2.75, 3.05) is 5.01 Å². The molecule has 4 heteroatoms. The molecule has 0 aromatic heterocycles. The first-order valence-electron chi connectivity index (χ1n) is 6.70. The molecule has 0 fully saturated rings. The molecule has 0 saturated carbocycles. The fourth-order valence-electron chi connectivity index (χ4n) is 1.78. The van der Waals surface area contributed by atoms with E-state index < -0.39 is 0 Å². The number of allylic oxidation sites excluding steroid dienone is 1. The van der Waals surface area contributed by atoms with Crippen LogP contribution in [0.4, 0.5) is 5.69 Å². The predicted octanol–water partition coefficient (Wildman–Crippen LogP) is 3.04. The maximum absolute atomic E-state index is 9.97. The minimum atomic E-state index is 0.262. The number of hydrazine groups is 1. The van der Waals surface area contributed by atoms with E-state index in [4.69, 9.17) is 11.6 Å². The summed E-state index contributed by atoms with van der Waals surface area (Å²) in [6, 6.07) is 5.44. The summed E-state index contributed by atoms with van der Waals surface area (Å²) < 4.78 is 0. The number of rotatable bonds is 5. The van der Waals surface area contributed by atoms with Crippen molar-refractivity contribution in [2.45, 2.75) is 40.0 Å². The Bertz CT molecular complexity index is 455. The van der Waals surface area contributed by atoms with Crippen molar-refractivity contribution in [1.82, 2.24) is 0 Å². The second-order valence-electron chi connectivity index (χ2n) is 5.24. The molecule has 1 atom stereocenters. The second-order valence-corrected chi connectivity index (χ2v) is 5.24. The molecular weight excluding hydrogens is 238 g/mol. The fourth-order valence-corrected chi connectivity index (χ4v) is 1.78. The lowest BCUT2D eigenvalue weighted by molar-refractivity contribution is 0.465. The largest absolute Gasteiger partial charge is 0.508 e. The standard InChI is InChI=1S/C15H25N3O/c1-5-11(4)14(16)9-18(17)12-6-7-13(10(2)3)15(19)8-12/h6-11,19H,5,16-17H2,1-4H3/b14-9+. The number of nitrogens with two attached hydrogens (primary N) is 2. The molecule has 0 aliphatic rings. The molecule has 106 valence electrons. The van der Waals surface area contributed by atoms with E-state index in [0.29, 0.717) is 5.69 Å². The molecule has 1 unspecified atom stereocenters. The molecule has 19 heavy (non-hydrogen) atoms. The summed E-state index contributed by atoms with van der Waals surface area (Å²) in [5.41, 5.74) is 8.32. The number of hydrogen-bond donors (Lipinski definition) is 3. The van der Waals surface area contributed by atoms with Gasteiger partial charge in [-0.15, -0.1) is 0 Å². The normalized spacial score (nSPS) is 13.7. The lowest BCUT2D eigenvalue weighted by Crippen LogP contribution is -2.27. The zero-order valence-corrected chi connectivity index (χ0v) is 12.2. The van der Waals surface area contributed by atoms with Crippen LogP contribution in [0.3, 0.4) is 0 Å². The molecule has 1 rings (SSSR count). The summed E-state index contributed by atoms with van der Waals surface area (Å²) in [5, 5.41) is 11.4. The molecule has 0 aliphatic heterocycles. The van der Waals surface area contributed by atoms with Gasteiger partial charge in [-0.1, -0.05) is 33.8 Å². The van der Waals surface area contributed by atoms with Gasteiger partial charge in [-0.25, -0.2) is 5.84 Å². The summed E-state index contributed by atoms with van der Waals surface area (Å²) in [5.74, 6) is 6.78. The summed E-state index contributed by atoms with van der Waals surface area (Å²) in [7, 11) is 0. The molecule has 1 aromatic rings. The Labute approximate surface area is 115 Å². The highest BCUT2D eigenvalue weighted by Crippen LogP contribution is 2.29. The second kappa shape index (κ2) is 6.48. The third kappa shape index (κ3) is 3.89. The lowest BCUT2D eigenvalue weighted by atomic mass is 10.0. The summed E-state index contributed by atoms with van der Waals surface area (Å²) in [6.45, 7) is 8.21. The Morgan fingerprint density at radius 2 is 2.00 bits per heavy atom. The van der Waals surface area contributed by atoms with Crippen LogP contribution in [0.25, 0.3) is 0 Å². The van der Waals surface area contributed by atoms with Crippen LogP contribution in [-0.4, -0.2) is 5.11 Å². The Kier molecular flexibility index (Phi) is 5.24. The zero-order valence-electron chi connectivity index (χ0n) is 12.2. The molecule has 0 aliphatic carbocycles. The Morgan fingerprint density at radius 3 is 2.47 bits per heavy atom. The van der Waals surface area contributed by atoms with Crippen molar-refractivity contribution < 1.29 is 5.11 Å². The Hall–Kier alpha value is -1.68. The maximum atomic E-state index is 9.97. The fraction of sp³-hybridized carbons (Fsp3) is 0.467. The Balaban J connectivity index is 2.95. The van der Waals surface area contributed by atoms with Gasteiger partial charge in [-0.05, 0) is 29.9 Å². The third-order valence-corrected chi connectivity index (χ3v) is 3.40. The van der Waals surface area contributed by atoms with Gasteiger partial charge in [0.1, 0.15) is 5.75 Å². The number of anilines is 1. The van der Waals surface area contributed by atoms with Gasteiger partial charge >= 0.3 is 0 Å². The highest BCUT2D eigenvalue weighted by Gasteiger charge is 2.09. The minimum Gasteiger partial charge on any atom is -0.508 e. The molecule has 0 spiro atoms. The van der Waals surface area contributed by atoms with Crippen molar-refractivity contribution >= 4 is 5.69 Å². The SMILES string of the molecule is CCC(C)/C(N)=C\N(N)c1ccc(C(C)C)c(O)c1. The molecule has 5 N–H and O–H groups in total. The first-order valence-corrected chi connectivity index (χ1v) is 6.70. The van der Waals surface area contributed by atoms with Crippen molar-refractivity contribution in [3.05, 3.63) is 35.7 Å². The van der Waals surface area contributed by atoms with Crippen molar-refractivity contribution in [3.8, 4) is 5.75 Å². The topological polar surface area (TPSA) is 75.5 Å². The predicted molar refractivity (Wildman–Crippen MR) is 80.6 cm³/mol. The van der Waals surface area contributed by atoms with Crippen LogP contribution < -0.4 is 16.6 Å². The number of aromatic hydroxyl groups is 1. The van der Waals surface area contributed by atoms with Gasteiger partial charge in [-0.3, -0.25) is 5.01 Å². The van der Waals surface area contributed by atoms with Gasteiger partial charge in [0.15, 0.2) is 0 Å². The molecule has 0 bridgehead atoms. The van der Waals surface area contributed by atoms with Crippen molar-refractivity contribution in [1.29, 1.82) is 0 Å². The minimum absolute atomic E-state index is 0.262. The van der Waals surface area contributed by atoms with Gasteiger partial charge in [0.2, 0.25) is 0 Å². The van der Waals surface area contributed by atoms with Crippen LogP contribution in [-0.2, 0) is 0 Å². The number of benzene rings is 1. The van der Waals surface area contributed by atoms with Crippen LogP contribution in [0.1, 0.15) is 45.6 Å². The lowest BCUT2D eigenvalue weighted by Gasteiger charge is -2.19. The Morgan fingerprint density at radius 1 is 1.37 bits per heavy atom. The summed E-state index contributed by atoms with van der Waals surface area (Å²) in [6.07, 6.45) is 2.67. The average Bonchev–Trinajstić information content (AvgIpc) is 2.36. The van der Waals surface area contributed by atoms with Gasteiger partial charge < -0.3 is 10.8 Å². The van der Waals surface area contributed by atoms with E-state index in [1.807, 2.05) is 26.0 Å². The average molecular weight is 263 g/mol. The van der Waals surface area contributed by atoms with Crippen LogP contribution in [0.15, 0.2) is 30.1 Å². The third-order valence-electron chi connectivity index (χ3n) is 3.40. The van der Waals surface area contributed by atoms with E-state index in [2.05, 4.69) is 13.8 Å². The van der Waals surface area contributed by atoms with Crippen LogP contribution >= 0.6 is 0 Å². The molecular formula is C15H25N3O. The van der Waals surface area contributed by atoms with Crippen molar-refractivity contribution in [3.63, 3.8) is 0 Å². The van der Waals surface area contributed by atoms with E-state index in [0.717, 1.165) is 17.7 Å². The molecule has 1 aromatic carbocycles. The van der Waals surface area contributed by atoms with Crippen LogP contribution in [0, 0.1) is 5.92 Å². The van der Waals surface area contributed by atoms with Gasteiger partial charge in [0.25, 0.3) is 0 Å². The molecule has 0 radical (unpaired) electrons. The number of hydrogen-bond acceptors (Lipinski definition) is 4. The number of phenols is 1. The van der Waals surface area contributed by atoms with Crippen LogP contribution in [0.2, 0.25) is 0 Å². The number of nitrogens with zero attached hydrogens (tertiary/aromatic N) is 1. The van der Waals surface area contributed by atoms with Gasteiger partial charge in [0.05, 0.1) is 5.69 Å². The smallest absolute Gasteiger partial charge is 0.121 e. The van der Waals surface area contributed by atoms with E-state index in [-0.39, 0.29) is 17.6 Å². The quantitative estimate of drug-likeness (QED) is 0.564. The van der Waals surface area contributed by atoms with Crippen LogP contribution in [0.5, 0.6) is 5.75 Å². The van der Waals surface area contributed by atoms with Gasteiger partial charge in [0, 0.05) is 18.0 Å². The van der Waals surface area contributed by atoms with E-state index >= 15 is 0 Å². The first-order chi connectivity index (χ1) is 8.86. The molecule has 0 amide bonds. The van der Waals surface area contributed by atoms with E-state index in [1.54, 1.807) is 12.3 Å². The first kappa shape index (κ1) is 15.4. The highest BCUT2D eigenvalue weighted by molar-refractivity contribution is 5.54. The monoisotopic (exact) mass is 263 g/mol. The van der Waals surface area contributed by atoms with Gasteiger partial charge in [-0.2, -0.15) is 0 Å². The van der Waals surface area contributed by atoms with E-state index in [1.165, 1.54) is 5.01 Å². The zero-order chi connectivity index (χ0) is 14.6. The van der Waals surface area contributed by atoms with Crippen molar-refractivity contribution in [2.24, 2.45) is 17.5 Å². The molecule has 4 nitrogen and oxygen atoms in total. The van der Waals surface area contributed by atoms with E-state index in [9.17, 15) is 5.11 Å².